The van der Waals surface area contributed by atoms with Crippen LogP contribution in [0.15, 0.2) is 18.2 Å². The Morgan fingerprint density at radius 3 is 2.76 bits per heavy atom. The highest BCUT2D eigenvalue weighted by Crippen LogP contribution is 2.31. The lowest BCUT2D eigenvalue weighted by Gasteiger charge is -2.34. The van der Waals surface area contributed by atoms with Gasteiger partial charge in [0.15, 0.2) is 0 Å². The van der Waals surface area contributed by atoms with E-state index in [1.807, 2.05) is 0 Å². The average Bonchev–Trinajstić information content (AvgIpc) is 2.32. The van der Waals surface area contributed by atoms with Crippen molar-refractivity contribution in [2.24, 2.45) is 5.92 Å². The molecule has 1 N–H and O–H groups in total. The molecule has 0 fully saturated rings. The van der Waals surface area contributed by atoms with E-state index in [9.17, 15) is 0 Å². The predicted octanol–water partition coefficient (Wildman–Crippen LogP) is 3.87. The van der Waals surface area contributed by atoms with E-state index in [1.54, 1.807) is 5.56 Å². The number of benzene rings is 1. The maximum Gasteiger partial charge on any atom is 0.0211 e. The molecular formula is C16H25N. The second-order valence-electron chi connectivity index (χ2n) is 5.79. The minimum atomic E-state index is 0.645. The van der Waals surface area contributed by atoms with Crippen molar-refractivity contribution in [3.63, 3.8) is 0 Å². The zero-order valence-electron chi connectivity index (χ0n) is 11.6. The Hall–Kier alpha value is -0.820. The molecule has 17 heavy (non-hydrogen) atoms. The molecule has 2 atom stereocenters. The fraction of sp³-hybridized carbons (Fsp3) is 0.625. The summed E-state index contributed by atoms with van der Waals surface area (Å²) in [5, 5.41) is 3.71. The molecule has 0 radical (unpaired) electrons. The molecule has 1 aromatic rings. The van der Waals surface area contributed by atoms with Crippen molar-refractivity contribution in [1.82, 2.24) is 5.32 Å². The summed E-state index contributed by atoms with van der Waals surface area (Å²) in [6, 6.07) is 7.68. The van der Waals surface area contributed by atoms with Gasteiger partial charge >= 0.3 is 0 Å². The lowest BCUT2D eigenvalue weighted by Crippen LogP contribution is -2.39. The van der Waals surface area contributed by atoms with Gasteiger partial charge in [-0.15, -0.1) is 0 Å². The van der Waals surface area contributed by atoms with Crippen molar-refractivity contribution in [2.45, 2.75) is 59.0 Å². The largest absolute Gasteiger partial charge is 0.309 e. The average molecular weight is 231 g/mol. The minimum Gasteiger partial charge on any atom is -0.309 e. The summed E-state index contributed by atoms with van der Waals surface area (Å²) in [6.45, 7) is 10.3. The van der Waals surface area contributed by atoms with Gasteiger partial charge in [0.2, 0.25) is 0 Å². The van der Waals surface area contributed by atoms with Gasteiger partial charge < -0.3 is 5.32 Å². The summed E-state index contributed by atoms with van der Waals surface area (Å²) in [5.74, 6) is 1.42. The molecule has 0 saturated carbocycles. The van der Waals surface area contributed by atoms with Crippen LogP contribution in [0.4, 0.5) is 0 Å². The molecule has 94 valence electrons. The normalized spacial score (nSPS) is 23.8. The first kappa shape index (κ1) is 12.6. The van der Waals surface area contributed by atoms with E-state index in [2.05, 4.69) is 51.2 Å². The third-order valence-corrected chi connectivity index (χ3v) is 3.99. The number of aryl methyl sites for hydroxylation is 1. The molecule has 2 rings (SSSR count). The van der Waals surface area contributed by atoms with Crippen molar-refractivity contribution < 1.29 is 0 Å². The lowest BCUT2D eigenvalue weighted by atomic mass is 9.82. The summed E-state index contributed by atoms with van der Waals surface area (Å²) < 4.78 is 0. The number of hydrogen-bond donors (Lipinski definition) is 1. The molecule has 0 bridgehead atoms. The van der Waals surface area contributed by atoms with E-state index in [0.29, 0.717) is 12.0 Å². The maximum absolute atomic E-state index is 3.71. The fourth-order valence-electron chi connectivity index (χ4n) is 2.91. The fourth-order valence-corrected chi connectivity index (χ4v) is 2.91. The molecule has 1 heterocycles. The van der Waals surface area contributed by atoms with Crippen LogP contribution in [0.3, 0.4) is 0 Å². The zero-order chi connectivity index (χ0) is 12.4. The quantitative estimate of drug-likeness (QED) is 0.832. The lowest BCUT2D eigenvalue weighted by molar-refractivity contribution is 0.355. The first-order valence-corrected chi connectivity index (χ1v) is 6.97. The first-order chi connectivity index (χ1) is 8.11. The van der Waals surface area contributed by atoms with Crippen LogP contribution in [-0.4, -0.2) is 6.04 Å². The molecule has 1 aromatic carbocycles. The Balaban J connectivity index is 2.21. The standard InChI is InChI=1S/C16H25N/c1-5-13-6-7-15-12(4)16(8-11(2)3)17-10-14(15)9-13/h6-7,9,11-12,16-17H,5,8,10H2,1-4H3. The van der Waals surface area contributed by atoms with Gasteiger partial charge in [-0.2, -0.15) is 0 Å². The van der Waals surface area contributed by atoms with E-state index < -0.39 is 0 Å². The molecule has 2 unspecified atom stereocenters. The molecule has 0 saturated heterocycles. The van der Waals surface area contributed by atoms with Gasteiger partial charge in [-0.25, -0.2) is 0 Å². The Kier molecular flexibility index (Phi) is 3.88. The summed E-state index contributed by atoms with van der Waals surface area (Å²) in [7, 11) is 0. The van der Waals surface area contributed by atoms with Crippen LogP contribution < -0.4 is 5.32 Å². The third-order valence-electron chi connectivity index (χ3n) is 3.99. The van der Waals surface area contributed by atoms with Crippen molar-refractivity contribution in [3.05, 3.63) is 34.9 Å². The van der Waals surface area contributed by atoms with E-state index in [0.717, 1.165) is 18.9 Å². The molecule has 0 amide bonds. The van der Waals surface area contributed by atoms with Crippen molar-refractivity contribution >= 4 is 0 Å². The monoisotopic (exact) mass is 231 g/mol. The summed E-state index contributed by atoms with van der Waals surface area (Å²) in [6.07, 6.45) is 2.41. The van der Waals surface area contributed by atoms with E-state index in [-0.39, 0.29) is 0 Å². The smallest absolute Gasteiger partial charge is 0.0211 e. The number of fused-ring (bicyclic) bond motifs is 1. The van der Waals surface area contributed by atoms with Gasteiger partial charge in [0.1, 0.15) is 0 Å². The van der Waals surface area contributed by atoms with Crippen molar-refractivity contribution in [2.75, 3.05) is 0 Å². The van der Waals surface area contributed by atoms with E-state index in [1.165, 1.54) is 17.5 Å². The zero-order valence-corrected chi connectivity index (χ0v) is 11.6. The van der Waals surface area contributed by atoms with Crippen molar-refractivity contribution in [1.29, 1.82) is 0 Å². The molecule has 0 aromatic heterocycles. The third kappa shape index (κ3) is 2.71. The minimum absolute atomic E-state index is 0.645. The molecule has 0 aliphatic carbocycles. The highest BCUT2D eigenvalue weighted by molar-refractivity contribution is 5.37. The second-order valence-corrected chi connectivity index (χ2v) is 5.79. The molecule has 1 aliphatic rings. The summed E-state index contributed by atoms with van der Waals surface area (Å²) in [5.41, 5.74) is 4.53. The Morgan fingerprint density at radius 2 is 2.12 bits per heavy atom. The molecule has 0 spiro atoms. The van der Waals surface area contributed by atoms with Gasteiger partial charge in [-0.05, 0) is 41.4 Å². The molecular weight excluding hydrogens is 206 g/mol. The number of rotatable bonds is 3. The van der Waals surface area contributed by atoms with Crippen LogP contribution in [0.5, 0.6) is 0 Å². The molecule has 1 aliphatic heterocycles. The van der Waals surface area contributed by atoms with Crippen LogP contribution in [0.25, 0.3) is 0 Å². The van der Waals surface area contributed by atoms with Gasteiger partial charge in [-0.3, -0.25) is 0 Å². The van der Waals surface area contributed by atoms with Crippen LogP contribution in [-0.2, 0) is 13.0 Å². The summed E-state index contributed by atoms with van der Waals surface area (Å²) >= 11 is 0. The SMILES string of the molecule is CCc1ccc2c(c1)CNC(CC(C)C)C2C. The Bertz CT molecular complexity index is 381. The van der Waals surface area contributed by atoms with E-state index >= 15 is 0 Å². The molecule has 1 heteroatoms. The van der Waals surface area contributed by atoms with Gasteiger partial charge in [0.25, 0.3) is 0 Å². The molecule has 1 nitrogen and oxygen atoms in total. The summed E-state index contributed by atoms with van der Waals surface area (Å²) in [4.78, 5) is 0. The van der Waals surface area contributed by atoms with Crippen LogP contribution in [0.1, 0.15) is 56.7 Å². The second kappa shape index (κ2) is 5.22. The Morgan fingerprint density at radius 1 is 1.35 bits per heavy atom. The Labute approximate surface area is 106 Å². The van der Waals surface area contributed by atoms with Gasteiger partial charge in [0.05, 0.1) is 0 Å². The van der Waals surface area contributed by atoms with Crippen LogP contribution in [0, 0.1) is 5.92 Å². The number of nitrogens with one attached hydrogen (secondary N) is 1. The van der Waals surface area contributed by atoms with Crippen molar-refractivity contribution in [3.8, 4) is 0 Å². The topological polar surface area (TPSA) is 12.0 Å². The predicted molar refractivity (Wildman–Crippen MR) is 74.3 cm³/mol. The number of hydrogen-bond acceptors (Lipinski definition) is 1. The maximum atomic E-state index is 3.71. The van der Waals surface area contributed by atoms with Crippen LogP contribution >= 0.6 is 0 Å². The van der Waals surface area contributed by atoms with E-state index in [4.69, 9.17) is 0 Å². The first-order valence-electron chi connectivity index (χ1n) is 6.97. The van der Waals surface area contributed by atoms with Gasteiger partial charge in [0, 0.05) is 12.6 Å². The highest BCUT2D eigenvalue weighted by atomic mass is 14.9. The van der Waals surface area contributed by atoms with Crippen LogP contribution in [0.2, 0.25) is 0 Å². The van der Waals surface area contributed by atoms with Gasteiger partial charge in [-0.1, -0.05) is 45.9 Å². The highest BCUT2D eigenvalue weighted by Gasteiger charge is 2.25.